The highest BCUT2D eigenvalue weighted by atomic mass is 35.5. The second kappa shape index (κ2) is 7.30. The van der Waals surface area contributed by atoms with Gasteiger partial charge in [-0.3, -0.25) is 14.7 Å². The lowest BCUT2D eigenvalue weighted by Gasteiger charge is -2.36. The van der Waals surface area contributed by atoms with E-state index in [1.165, 1.54) is 31.5 Å². The fourth-order valence-electron chi connectivity index (χ4n) is 3.19. The molecule has 2 aliphatic heterocycles. The quantitative estimate of drug-likeness (QED) is 0.841. The van der Waals surface area contributed by atoms with E-state index in [4.69, 9.17) is 23.2 Å². The van der Waals surface area contributed by atoms with Crippen molar-refractivity contribution < 1.29 is 0 Å². The Bertz CT molecular complexity index is 467. The first kappa shape index (κ1) is 15.6. The summed E-state index contributed by atoms with van der Waals surface area (Å²) in [6.45, 7) is 9.28. The van der Waals surface area contributed by atoms with Crippen molar-refractivity contribution in [3.05, 3.63) is 33.8 Å². The molecule has 0 amide bonds. The maximum atomic E-state index is 6.09. The van der Waals surface area contributed by atoms with E-state index in [-0.39, 0.29) is 0 Å². The molecule has 0 unspecified atom stereocenters. The molecule has 3 rings (SSSR count). The van der Waals surface area contributed by atoms with Crippen molar-refractivity contribution in [2.45, 2.75) is 19.4 Å². The van der Waals surface area contributed by atoms with Crippen LogP contribution in [-0.2, 0) is 6.54 Å². The lowest BCUT2D eigenvalue weighted by atomic mass is 10.2. The Hall–Kier alpha value is -0.320. The predicted molar refractivity (Wildman–Crippen MR) is 89.0 cm³/mol. The number of hydrogen-bond acceptors (Lipinski definition) is 3. The molecule has 0 atom stereocenters. The van der Waals surface area contributed by atoms with Crippen LogP contribution in [0, 0.1) is 0 Å². The van der Waals surface area contributed by atoms with Crippen molar-refractivity contribution in [3.63, 3.8) is 0 Å². The minimum atomic E-state index is 0.635. The van der Waals surface area contributed by atoms with Crippen molar-refractivity contribution in [1.29, 1.82) is 0 Å². The number of rotatable bonds is 4. The summed E-state index contributed by atoms with van der Waals surface area (Å²) in [7, 11) is 0. The summed E-state index contributed by atoms with van der Waals surface area (Å²) >= 11 is 12.1. The van der Waals surface area contributed by atoms with Gasteiger partial charge in [-0.25, -0.2) is 0 Å². The van der Waals surface area contributed by atoms with E-state index in [1.807, 2.05) is 12.1 Å². The molecule has 5 heteroatoms. The molecule has 2 saturated heterocycles. The normalized spacial score (nSPS) is 22.0. The summed E-state index contributed by atoms with van der Waals surface area (Å²) in [6, 6.07) is 5.95. The minimum absolute atomic E-state index is 0.635. The molecule has 0 bridgehead atoms. The molecule has 1 aromatic rings. The Morgan fingerprint density at radius 3 is 2.05 bits per heavy atom. The van der Waals surface area contributed by atoms with Gasteiger partial charge >= 0.3 is 0 Å². The smallest absolute Gasteiger partial charge is 0.0595 e. The summed E-state index contributed by atoms with van der Waals surface area (Å²) in [5.41, 5.74) is 1.25. The summed E-state index contributed by atoms with van der Waals surface area (Å²) in [4.78, 5) is 7.66. The molecule has 2 aliphatic rings. The number of likely N-dealkylation sites (tertiary alicyclic amines) is 1. The Kier molecular flexibility index (Phi) is 5.41. The number of piperazine rings is 1. The third kappa shape index (κ3) is 4.33. The lowest BCUT2D eigenvalue weighted by molar-refractivity contribution is 0.0806. The predicted octanol–water partition coefficient (Wildman–Crippen LogP) is 3.16. The van der Waals surface area contributed by atoms with Gasteiger partial charge in [-0.15, -0.1) is 0 Å². The maximum absolute atomic E-state index is 6.09. The maximum Gasteiger partial charge on any atom is 0.0595 e. The highest BCUT2D eigenvalue weighted by Crippen LogP contribution is 2.23. The Morgan fingerprint density at radius 1 is 0.762 bits per heavy atom. The molecule has 1 aromatic carbocycles. The van der Waals surface area contributed by atoms with Gasteiger partial charge in [0.1, 0.15) is 0 Å². The van der Waals surface area contributed by atoms with E-state index in [0.29, 0.717) is 10.0 Å². The molecule has 0 radical (unpaired) electrons. The summed E-state index contributed by atoms with van der Waals surface area (Å²) in [5, 5.41) is 1.29. The summed E-state index contributed by atoms with van der Waals surface area (Å²) in [5.74, 6) is 0. The summed E-state index contributed by atoms with van der Waals surface area (Å²) < 4.78 is 0. The molecular weight excluding hydrogens is 305 g/mol. The van der Waals surface area contributed by atoms with Crippen LogP contribution in [-0.4, -0.2) is 60.6 Å². The van der Waals surface area contributed by atoms with Crippen molar-refractivity contribution in [2.24, 2.45) is 0 Å². The van der Waals surface area contributed by atoms with Crippen LogP contribution >= 0.6 is 23.2 Å². The largest absolute Gasteiger partial charge is 0.297 e. The first-order chi connectivity index (χ1) is 10.2. The van der Waals surface area contributed by atoms with Crippen molar-refractivity contribution in [1.82, 2.24) is 14.7 Å². The molecule has 116 valence electrons. The van der Waals surface area contributed by atoms with Gasteiger partial charge in [0.05, 0.1) is 16.7 Å². The standard InChI is InChI=1S/C16H23Cl2N3/c17-15-4-3-14(11-16(15)18)12-19-7-9-21(10-8-19)13-20-5-1-2-6-20/h3-4,11H,1-2,5-10,12-13H2. The van der Waals surface area contributed by atoms with E-state index in [0.717, 1.165) is 39.4 Å². The molecule has 0 saturated carbocycles. The van der Waals surface area contributed by atoms with Crippen LogP contribution < -0.4 is 0 Å². The highest BCUT2D eigenvalue weighted by molar-refractivity contribution is 6.42. The van der Waals surface area contributed by atoms with Crippen LogP contribution in [0.2, 0.25) is 10.0 Å². The van der Waals surface area contributed by atoms with Crippen molar-refractivity contribution >= 4 is 23.2 Å². The second-order valence-electron chi connectivity index (χ2n) is 6.11. The van der Waals surface area contributed by atoms with Gasteiger partial charge in [0.15, 0.2) is 0 Å². The van der Waals surface area contributed by atoms with Crippen molar-refractivity contribution in [3.8, 4) is 0 Å². The monoisotopic (exact) mass is 327 g/mol. The molecule has 2 fully saturated rings. The zero-order chi connectivity index (χ0) is 14.7. The first-order valence-electron chi connectivity index (χ1n) is 7.82. The molecule has 0 spiro atoms. The fourth-order valence-corrected chi connectivity index (χ4v) is 3.51. The van der Waals surface area contributed by atoms with Gasteiger partial charge in [-0.05, 0) is 43.6 Å². The fraction of sp³-hybridized carbons (Fsp3) is 0.625. The molecule has 2 heterocycles. The van der Waals surface area contributed by atoms with Gasteiger partial charge in [-0.2, -0.15) is 0 Å². The van der Waals surface area contributed by atoms with Gasteiger partial charge in [0.25, 0.3) is 0 Å². The molecule has 0 aliphatic carbocycles. The number of benzene rings is 1. The first-order valence-corrected chi connectivity index (χ1v) is 8.57. The number of hydrogen-bond donors (Lipinski definition) is 0. The zero-order valence-electron chi connectivity index (χ0n) is 12.4. The number of nitrogens with zero attached hydrogens (tertiary/aromatic N) is 3. The Labute approximate surface area is 137 Å². The SMILES string of the molecule is Clc1ccc(CN2CCN(CN3CCCC3)CC2)cc1Cl. The minimum Gasteiger partial charge on any atom is -0.297 e. The van der Waals surface area contributed by atoms with E-state index in [2.05, 4.69) is 20.8 Å². The molecule has 21 heavy (non-hydrogen) atoms. The van der Waals surface area contributed by atoms with E-state index < -0.39 is 0 Å². The van der Waals surface area contributed by atoms with E-state index >= 15 is 0 Å². The van der Waals surface area contributed by atoms with Crippen LogP contribution in [0.25, 0.3) is 0 Å². The van der Waals surface area contributed by atoms with Crippen LogP contribution in [0.15, 0.2) is 18.2 Å². The van der Waals surface area contributed by atoms with E-state index in [9.17, 15) is 0 Å². The second-order valence-corrected chi connectivity index (χ2v) is 6.92. The molecule has 0 N–H and O–H groups in total. The number of halogens is 2. The summed E-state index contributed by atoms with van der Waals surface area (Å²) in [6.07, 6.45) is 2.74. The molecule has 3 nitrogen and oxygen atoms in total. The molecule has 0 aromatic heterocycles. The van der Waals surface area contributed by atoms with Crippen LogP contribution in [0.3, 0.4) is 0 Å². The zero-order valence-corrected chi connectivity index (χ0v) is 13.9. The molecular formula is C16H23Cl2N3. The van der Waals surface area contributed by atoms with Crippen LogP contribution in [0.5, 0.6) is 0 Å². The van der Waals surface area contributed by atoms with Gasteiger partial charge in [-0.1, -0.05) is 29.3 Å². The average Bonchev–Trinajstić information content (AvgIpc) is 2.98. The average molecular weight is 328 g/mol. The third-order valence-electron chi connectivity index (χ3n) is 4.45. The van der Waals surface area contributed by atoms with Crippen molar-refractivity contribution in [2.75, 3.05) is 45.9 Å². The Balaban J connectivity index is 1.45. The Morgan fingerprint density at radius 2 is 1.38 bits per heavy atom. The highest BCUT2D eigenvalue weighted by Gasteiger charge is 2.20. The lowest BCUT2D eigenvalue weighted by Crippen LogP contribution is -2.49. The van der Waals surface area contributed by atoms with Gasteiger partial charge in [0.2, 0.25) is 0 Å². The van der Waals surface area contributed by atoms with E-state index in [1.54, 1.807) is 0 Å². The van der Waals surface area contributed by atoms with Crippen LogP contribution in [0.1, 0.15) is 18.4 Å². The van der Waals surface area contributed by atoms with Gasteiger partial charge in [0, 0.05) is 32.7 Å². The van der Waals surface area contributed by atoms with Gasteiger partial charge < -0.3 is 0 Å². The third-order valence-corrected chi connectivity index (χ3v) is 5.19. The topological polar surface area (TPSA) is 9.72 Å². The van der Waals surface area contributed by atoms with Crippen LogP contribution in [0.4, 0.5) is 0 Å².